The second-order valence-electron chi connectivity index (χ2n) is 6.90. The van der Waals surface area contributed by atoms with Gasteiger partial charge in [-0.1, -0.05) is 18.5 Å². The van der Waals surface area contributed by atoms with Gasteiger partial charge >= 0.3 is 5.97 Å². The number of benzene rings is 1. The molecule has 0 heterocycles. The minimum Gasteiger partial charge on any atom is -0.452 e. The van der Waals surface area contributed by atoms with Crippen molar-refractivity contribution in [3.05, 3.63) is 28.8 Å². The van der Waals surface area contributed by atoms with Crippen molar-refractivity contribution in [3.63, 3.8) is 0 Å². The lowest BCUT2D eigenvalue weighted by Gasteiger charge is -2.24. The van der Waals surface area contributed by atoms with E-state index in [0.29, 0.717) is 0 Å². The molecular weight excluding hydrogens is 380 g/mol. The number of amides is 1. The zero-order chi connectivity index (χ0) is 19.5. The Balaban J connectivity index is 2.05. The van der Waals surface area contributed by atoms with Crippen LogP contribution < -0.4 is 10.0 Å². The van der Waals surface area contributed by atoms with Gasteiger partial charge in [-0.25, -0.2) is 17.9 Å². The maximum atomic E-state index is 12.3. The summed E-state index contributed by atoms with van der Waals surface area (Å²) in [6.07, 6.45) is 2.28. The molecule has 2 rings (SSSR count). The van der Waals surface area contributed by atoms with Crippen LogP contribution in [0.1, 0.15) is 50.4 Å². The van der Waals surface area contributed by atoms with Crippen molar-refractivity contribution >= 4 is 33.5 Å². The molecule has 1 fully saturated rings. The van der Waals surface area contributed by atoms with Gasteiger partial charge in [0.1, 0.15) is 4.90 Å². The molecular formula is C17H23ClN2O5S. The van der Waals surface area contributed by atoms with Crippen LogP contribution in [0.2, 0.25) is 5.02 Å². The van der Waals surface area contributed by atoms with Gasteiger partial charge in [-0.2, -0.15) is 0 Å². The van der Waals surface area contributed by atoms with E-state index < -0.39 is 34.0 Å². The highest BCUT2D eigenvalue weighted by Crippen LogP contribution is 2.27. The van der Waals surface area contributed by atoms with Gasteiger partial charge in [-0.15, -0.1) is 0 Å². The molecule has 1 amide bonds. The van der Waals surface area contributed by atoms with E-state index in [1.807, 2.05) is 20.8 Å². The normalized spacial score (nSPS) is 14.8. The lowest BCUT2D eigenvalue weighted by molar-refractivity contribution is -0.125. The van der Waals surface area contributed by atoms with Crippen molar-refractivity contribution in [2.75, 3.05) is 6.61 Å². The van der Waals surface area contributed by atoms with Crippen LogP contribution in [-0.4, -0.2) is 38.5 Å². The summed E-state index contributed by atoms with van der Waals surface area (Å²) < 4.78 is 32.1. The highest BCUT2D eigenvalue weighted by Gasteiger charge is 2.30. The van der Waals surface area contributed by atoms with E-state index >= 15 is 0 Å². The molecule has 1 saturated carbocycles. The third-order valence-corrected chi connectivity index (χ3v) is 6.05. The topological polar surface area (TPSA) is 102 Å². The second-order valence-corrected chi connectivity index (χ2v) is 8.99. The van der Waals surface area contributed by atoms with E-state index in [2.05, 4.69) is 10.0 Å². The van der Waals surface area contributed by atoms with E-state index in [1.165, 1.54) is 12.1 Å². The van der Waals surface area contributed by atoms with Crippen LogP contribution in [0.3, 0.4) is 0 Å². The number of carbonyl (C=O) groups is 2. The molecule has 0 bridgehead atoms. The van der Waals surface area contributed by atoms with Crippen LogP contribution in [0.15, 0.2) is 23.1 Å². The zero-order valence-electron chi connectivity index (χ0n) is 15.0. The minimum atomic E-state index is -3.81. The molecule has 1 aliphatic carbocycles. The number of halogens is 1. The van der Waals surface area contributed by atoms with Crippen molar-refractivity contribution < 1.29 is 22.7 Å². The molecule has 0 radical (unpaired) electrons. The third kappa shape index (κ3) is 5.69. The molecule has 26 heavy (non-hydrogen) atoms. The number of hydrogen-bond acceptors (Lipinski definition) is 5. The fourth-order valence-electron chi connectivity index (χ4n) is 2.04. The number of hydrogen-bond donors (Lipinski definition) is 2. The molecule has 0 unspecified atom stereocenters. The fourth-order valence-corrected chi connectivity index (χ4v) is 3.87. The Kier molecular flexibility index (Phi) is 6.31. The summed E-state index contributed by atoms with van der Waals surface area (Å²) in [6, 6.07) is 3.75. The molecule has 1 aromatic rings. The number of ether oxygens (including phenoxy) is 1. The minimum absolute atomic E-state index is 0.00752. The molecule has 9 heteroatoms. The van der Waals surface area contributed by atoms with Crippen molar-refractivity contribution in [2.45, 2.75) is 56.5 Å². The van der Waals surface area contributed by atoms with Crippen molar-refractivity contribution in [3.8, 4) is 0 Å². The van der Waals surface area contributed by atoms with E-state index in [-0.39, 0.29) is 21.5 Å². The second kappa shape index (κ2) is 7.94. The number of carbonyl (C=O) groups excluding carboxylic acids is 2. The van der Waals surface area contributed by atoms with Gasteiger partial charge in [0.2, 0.25) is 10.0 Å². The first-order valence-electron chi connectivity index (χ1n) is 8.34. The highest BCUT2D eigenvalue weighted by atomic mass is 35.5. The van der Waals surface area contributed by atoms with Crippen molar-refractivity contribution in [2.24, 2.45) is 0 Å². The van der Waals surface area contributed by atoms with Gasteiger partial charge in [-0.3, -0.25) is 4.79 Å². The Morgan fingerprint density at radius 2 is 1.96 bits per heavy atom. The zero-order valence-corrected chi connectivity index (χ0v) is 16.5. The smallest absolute Gasteiger partial charge is 0.338 e. The van der Waals surface area contributed by atoms with E-state index in [1.54, 1.807) is 0 Å². The number of esters is 1. The third-order valence-electron chi connectivity index (χ3n) is 4.05. The molecule has 0 aromatic heterocycles. The molecule has 0 atom stereocenters. The molecule has 0 aliphatic heterocycles. The fraction of sp³-hybridized carbons (Fsp3) is 0.529. The highest BCUT2D eigenvalue weighted by molar-refractivity contribution is 7.89. The Hall–Kier alpha value is -1.64. The van der Waals surface area contributed by atoms with Crippen LogP contribution in [0, 0.1) is 0 Å². The molecule has 0 spiro atoms. The molecule has 1 aromatic carbocycles. The first-order chi connectivity index (χ1) is 12.0. The molecule has 144 valence electrons. The van der Waals surface area contributed by atoms with Gasteiger partial charge in [0.15, 0.2) is 6.61 Å². The quantitative estimate of drug-likeness (QED) is 0.649. The van der Waals surface area contributed by atoms with Crippen LogP contribution in [0.5, 0.6) is 0 Å². The summed E-state index contributed by atoms with van der Waals surface area (Å²) in [5, 5.41) is 2.75. The Morgan fingerprint density at radius 1 is 1.31 bits per heavy atom. The van der Waals surface area contributed by atoms with E-state index in [0.717, 1.165) is 25.3 Å². The molecule has 0 saturated heterocycles. The predicted molar refractivity (Wildman–Crippen MR) is 97.6 cm³/mol. The van der Waals surface area contributed by atoms with Crippen LogP contribution >= 0.6 is 11.6 Å². The maximum absolute atomic E-state index is 12.3. The molecule has 7 nitrogen and oxygen atoms in total. The van der Waals surface area contributed by atoms with Gasteiger partial charge in [0.25, 0.3) is 5.91 Å². The summed E-state index contributed by atoms with van der Waals surface area (Å²) in [4.78, 5) is 23.8. The number of sulfonamides is 1. The monoisotopic (exact) mass is 402 g/mol. The Labute approximate surface area is 158 Å². The van der Waals surface area contributed by atoms with Gasteiger partial charge in [0, 0.05) is 11.6 Å². The van der Waals surface area contributed by atoms with Crippen LogP contribution in [0.4, 0.5) is 0 Å². The van der Waals surface area contributed by atoms with Crippen LogP contribution in [-0.2, 0) is 19.6 Å². The van der Waals surface area contributed by atoms with E-state index in [4.69, 9.17) is 16.3 Å². The standard InChI is InChI=1S/C17H23ClN2O5S/c1-4-17(2,3)19-15(21)10-25-16(22)11-5-8-13(18)14(9-11)26(23,24)20-12-6-7-12/h5,8-9,12,20H,4,6-7,10H2,1-3H3,(H,19,21). The Bertz CT molecular complexity index is 803. The first-order valence-corrected chi connectivity index (χ1v) is 10.2. The molecule has 1 aliphatic rings. The van der Waals surface area contributed by atoms with Gasteiger partial charge < -0.3 is 10.1 Å². The average Bonchev–Trinajstić information content (AvgIpc) is 3.35. The Morgan fingerprint density at radius 3 is 2.54 bits per heavy atom. The first kappa shape index (κ1) is 20.7. The van der Waals surface area contributed by atoms with Crippen molar-refractivity contribution in [1.82, 2.24) is 10.0 Å². The lowest BCUT2D eigenvalue weighted by Crippen LogP contribution is -2.44. The SMILES string of the molecule is CCC(C)(C)NC(=O)COC(=O)c1ccc(Cl)c(S(=O)(=O)NC2CC2)c1. The van der Waals surface area contributed by atoms with Crippen molar-refractivity contribution in [1.29, 1.82) is 0 Å². The average molecular weight is 403 g/mol. The summed E-state index contributed by atoms with van der Waals surface area (Å²) >= 11 is 5.97. The van der Waals surface area contributed by atoms with E-state index in [9.17, 15) is 18.0 Å². The predicted octanol–water partition coefficient (Wildman–Crippen LogP) is 2.24. The van der Waals surface area contributed by atoms with Gasteiger partial charge in [-0.05, 0) is 51.3 Å². The molecule has 2 N–H and O–H groups in total. The summed E-state index contributed by atoms with van der Waals surface area (Å²) in [6.45, 7) is 5.19. The largest absolute Gasteiger partial charge is 0.452 e. The summed E-state index contributed by atoms with van der Waals surface area (Å²) in [5.41, 5.74) is -0.396. The van der Waals surface area contributed by atoms with Gasteiger partial charge in [0.05, 0.1) is 10.6 Å². The number of nitrogens with one attached hydrogen (secondary N) is 2. The number of rotatable bonds is 8. The summed E-state index contributed by atoms with van der Waals surface area (Å²) in [5.74, 6) is -1.23. The lowest BCUT2D eigenvalue weighted by atomic mass is 10.0. The van der Waals surface area contributed by atoms with Crippen LogP contribution in [0.25, 0.3) is 0 Å². The maximum Gasteiger partial charge on any atom is 0.338 e. The summed E-state index contributed by atoms with van der Waals surface area (Å²) in [7, 11) is -3.81.